The van der Waals surface area contributed by atoms with E-state index in [9.17, 15) is 4.79 Å². The lowest BCUT2D eigenvalue weighted by Crippen LogP contribution is -2.20. The van der Waals surface area contributed by atoms with Crippen LogP contribution in [0.4, 0.5) is 5.82 Å². The first kappa shape index (κ1) is 21.9. The molecule has 0 spiro atoms. The zero-order chi connectivity index (χ0) is 23.2. The second-order valence-electron chi connectivity index (χ2n) is 6.45. The van der Waals surface area contributed by atoms with Crippen LogP contribution in [0.3, 0.4) is 0 Å². The Morgan fingerprint density at radius 3 is 2.91 bits per heavy atom. The Morgan fingerprint density at radius 1 is 1.33 bits per heavy atom. The van der Waals surface area contributed by atoms with Crippen LogP contribution in [-0.2, 0) is 12.8 Å². The number of nitrogens with one attached hydrogen (secondary N) is 1. The van der Waals surface area contributed by atoms with Crippen LogP contribution in [0.15, 0.2) is 45.5 Å². The topological polar surface area (TPSA) is 177 Å². The minimum atomic E-state index is -0.574. The zero-order valence-corrected chi connectivity index (χ0v) is 18.4. The van der Waals surface area contributed by atoms with Gasteiger partial charge in [-0.2, -0.15) is 9.78 Å². The van der Waals surface area contributed by atoms with E-state index in [0.717, 1.165) is 0 Å². The van der Waals surface area contributed by atoms with Crippen molar-refractivity contribution < 1.29 is 14.2 Å². The monoisotopic (exact) mass is 469 g/mol. The van der Waals surface area contributed by atoms with E-state index in [0.29, 0.717) is 28.8 Å². The molecule has 1 amide bonds. The third-order valence-electron chi connectivity index (χ3n) is 4.27. The zero-order valence-electron chi connectivity index (χ0n) is 17.6. The molecule has 14 nitrogen and oxygen atoms in total. The maximum absolute atomic E-state index is 12.9. The summed E-state index contributed by atoms with van der Waals surface area (Å²) in [5, 5.41) is 27.8. The molecule has 15 heteroatoms. The number of rotatable bonds is 9. The van der Waals surface area contributed by atoms with Crippen molar-refractivity contribution in [2.24, 2.45) is 12.1 Å². The number of amides is 1. The lowest BCUT2D eigenvalue weighted by atomic mass is 10.2. The highest BCUT2D eigenvalue weighted by Gasteiger charge is 2.24. The largest absolute Gasteiger partial charge is 0.493 e. The van der Waals surface area contributed by atoms with Crippen LogP contribution in [0.5, 0.6) is 5.75 Å². The molecule has 0 radical (unpaired) electrons. The van der Waals surface area contributed by atoms with Crippen molar-refractivity contribution in [2.75, 3.05) is 12.3 Å². The Bertz CT molecular complexity index is 1280. The molecule has 0 aliphatic carbocycles. The highest BCUT2D eigenvalue weighted by molar-refractivity contribution is 7.98. The SMILES string of the molecule is CCOc1ccccc1C=NNC(=O)c1nnn(-c2nonc2N)c1CSc1nncn1C. The third kappa shape index (κ3) is 4.82. The van der Waals surface area contributed by atoms with Gasteiger partial charge >= 0.3 is 0 Å². The smallest absolute Gasteiger partial charge is 0.293 e. The molecular weight excluding hydrogens is 450 g/mol. The Kier molecular flexibility index (Phi) is 6.58. The molecule has 0 bridgehead atoms. The number of aryl methyl sites for hydroxylation is 1. The fraction of sp³-hybridized carbons (Fsp3) is 0.222. The van der Waals surface area contributed by atoms with E-state index in [1.807, 2.05) is 31.2 Å². The van der Waals surface area contributed by atoms with Crippen LogP contribution in [0.2, 0.25) is 0 Å². The number of hydrogen-bond acceptors (Lipinski definition) is 12. The number of carbonyl (C=O) groups is 1. The van der Waals surface area contributed by atoms with Gasteiger partial charge in [-0.25, -0.2) is 10.1 Å². The Labute approximate surface area is 191 Å². The number of nitrogens with zero attached hydrogens (tertiary/aromatic N) is 9. The molecule has 0 fully saturated rings. The maximum Gasteiger partial charge on any atom is 0.293 e. The predicted octanol–water partition coefficient (Wildman–Crippen LogP) is 0.816. The summed E-state index contributed by atoms with van der Waals surface area (Å²) < 4.78 is 13.2. The second kappa shape index (κ2) is 9.90. The molecule has 0 saturated heterocycles. The molecule has 0 unspecified atom stereocenters. The van der Waals surface area contributed by atoms with Gasteiger partial charge in [0, 0.05) is 18.4 Å². The average molecular weight is 469 g/mol. The average Bonchev–Trinajstić information content (AvgIpc) is 3.53. The third-order valence-corrected chi connectivity index (χ3v) is 5.32. The van der Waals surface area contributed by atoms with Crippen molar-refractivity contribution in [3.8, 4) is 11.6 Å². The Morgan fingerprint density at radius 2 is 2.18 bits per heavy atom. The van der Waals surface area contributed by atoms with Crippen LogP contribution >= 0.6 is 11.8 Å². The number of para-hydroxylation sites is 1. The van der Waals surface area contributed by atoms with E-state index in [-0.39, 0.29) is 23.1 Å². The lowest BCUT2D eigenvalue weighted by molar-refractivity contribution is 0.0949. The molecule has 33 heavy (non-hydrogen) atoms. The van der Waals surface area contributed by atoms with Crippen LogP contribution < -0.4 is 15.9 Å². The first-order chi connectivity index (χ1) is 16.1. The molecule has 3 heterocycles. The summed E-state index contributed by atoms with van der Waals surface area (Å²) in [5.41, 5.74) is 9.40. The van der Waals surface area contributed by atoms with Gasteiger partial charge in [0.25, 0.3) is 5.91 Å². The molecule has 0 atom stereocenters. The first-order valence-corrected chi connectivity index (χ1v) is 10.6. The minimum Gasteiger partial charge on any atom is -0.493 e. The van der Waals surface area contributed by atoms with Gasteiger partial charge in [0.05, 0.1) is 18.5 Å². The van der Waals surface area contributed by atoms with Gasteiger partial charge < -0.3 is 15.0 Å². The molecule has 4 rings (SSSR count). The number of anilines is 1. The van der Waals surface area contributed by atoms with Gasteiger partial charge in [0.1, 0.15) is 12.1 Å². The number of benzene rings is 1. The van der Waals surface area contributed by atoms with Crippen LogP contribution in [0.25, 0.3) is 5.82 Å². The number of ether oxygens (including phenoxy) is 1. The Balaban J connectivity index is 1.57. The number of hydrazone groups is 1. The number of carbonyl (C=O) groups excluding carboxylic acids is 1. The van der Waals surface area contributed by atoms with Gasteiger partial charge in [-0.1, -0.05) is 29.1 Å². The van der Waals surface area contributed by atoms with Crippen molar-refractivity contribution >= 4 is 29.7 Å². The summed E-state index contributed by atoms with van der Waals surface area (Å²) in [7, 11) is 1.81. The second-order valence-corrected chi connectivity index (χ2v) is 7.40. The predicted molar refractivity (Wildman–Crippen MR) is 117 cm³/mol. The minimum absolute atomic E-state index is 0.00215. The molecule has 0 saturated carbocycles. The summed E-state index contributed by atoms with van der Waals surface area (Å²) in [4.78, 5) is 12.9. The van der Waals surface area contributed by atoms with Crippen molar-refractivity contribution in [3.63, 3.8) is 0 Å². The Hall–Kier alpha value is -4.27. The van der Waals surface area contributed by atoms with Gasteiger partial charge in [0.15, 0.2) is 10.9 Å². The lowest BCUT2D eigenvalue weighted by Gasteiger charge is -2.06. The molecule has 3 aromatic heterocycles. The fourth-order valence-corrected chi connectivity index (χ4v) is 3.62. The van der Waals surface area contributed by atoms with Crippen LogP contribution in [0.1, 0.15) is 28.7 Å². The molecule has 170 valence electrons. The summed E-state index contributed by atoms with van der Waals surface area (Å²) in [6.45, 7) is 2.39. The molecule has 1 aromatic carbocycles. The van der Waals surface area contributed by atoms with Crippen molar-refractivity contribution in [2.45, 2.75) is 17.8 Å². The van der Waals surface area contributed by atoms with Gasteiger partial charge in [-0.15, -0.1) is 15.3 Å². The fourth-order valence-electron chi connectivity index (χ4n) is 2.74. The molecule has 4 aromatic rings. The summed E-state index contributed by atoms with van der Waals surface area (Å²) in [6, 6.07) is 7.33. The quantitative estimate of drug-likeness (QED) is 0.201. The molecular formula is C18H19N11O3S. The summed E-state index contributed by atoms with van der Waals surface area (Å²) in [5.74, 6) is 0.450. The van der Waals surface area contributed by atoms with E-state index in [1.54, 1.807) is 17.9 Å². The standard InChI is InChI=1S/C18H19N11O3S/c1-3-31-13-7-5-4-6-11(13)8-20-23-17(30)14-12(9-33-18-24-21-10-28(18)2)29(27-22-14)16-15(19)25-32-26-16/h4-8,10H,3,9H2,1-2H3,(H2,19,25)(H,23,30). The van der Waals surface area contributed by atoms with Crippen LogP contribution in [-0.4, -0.2) is 58.8 Å². The molecule has 0 aliphatic heterocycles. The number of nitrogen functional groups attached to an aromatic ring is 1. The van der Waals surface area contributed by atoms with E-state index >= 15 is 0 Å². The van der Waals surface area contributed by atoms with Crippen molar-refractivity contribution in [3.05, 3.63) is 47.5 Å². The molecule has 3 N–H and O–H groups in total. The highest BCUT2D eigenvalue weighted by Crippen LogP contribution is 2.24. The molecule has 0 aliphatic rings. The summed E-state index contributed by atoms with van der Waals surface area (Å²) >= 11 is 1.32. The first-order valence-electron chi connectivity index (χ1n) is 9.63. The number of hydrogen-bond donors (Lipinski definition) is 2. The maximum atomic E-state index is 12.9. The van der Waals surface area contributed by atoms with E-state index < -0.39 is 5.91 Å². The summed E-state index contributed by atoms with van der Waals surface area (Å²) in [6.07, 6.45) is 3.06. The van der Waals surface area contributed by atoms with Gasteiger partial charge in [0.2, 0.25) is 11.6 Å². The van der Waals surface area contributed by atoms with Crippen molar-refractivity contribution in [1.29, 1.82) is 0 Å². The highest BCUT2D eigenvalue weighted by atomic mass is 32.2. The number of nitrogens with two attached hydrogens (primary N) is 1. The number of thioether (sulfide) groups is 1. The number of aromatic nitrogens is 8. The van der Waals surface area contributed by atoms with Gasteiger partial charge in [-0.3, -0.25) is 4.79 Å². The van der Waals surface area contributed by atoms with Crippen LogP contribution in [0, 0.1) is 0 Å². The van der Waals surface area contributed by atoms with E-state index in [4.69, 9.17) is 10.5 Å². The van der Waals surface area contributed by atoms with Crippen molar-refractivity contribution in [1.82, 2.24) is 45.5 Å². The normalized spacial score (nSPS) is 11.2. The van der Waals surface area contributed by atoms with E-state index in [1.165, 1.54) is 22.7 Å². The van der Waals surface area contributed by atoms with E-state index in [2.05, 4.69) is 46.0 Å². The van der Waals surface area contributed by atoms with Gasteiger partial charge in [-0.05, 0) is 29.4 Å².